The molecule has 1 aromatic carbocycles. The third kappa shape index (κ3) is 4.36. The Morgan fingerprint density at radius 1 is 1.28 bits per heavy atom. The number of benzene rings is 1. The quantitative estimate of drug-likeness (QED) is 0.759. The highest BCUT2D eigenvalue weighted by atomic mass is 16.7. The molecule has 0 radical (unpaired) electrons. The number of rotatable bonds is 6. The summed E-state index contributed by atoms with van der Waals surface area (Å²) in [6, 6.07) is 13.1. The second-order valence-electron chi connectivity index (χ2n) is 5.44. The number of hydrogen-bond acceptors (Lipinski definition) is 5. The van der Waals surface area contributed by atoms with E-state index in [4.69, 9.17) is 14.7 Å². The molecule has 2 aromatic rings. The summed E-state index contributed by atoms with van der Waals surface area (Å²) in [5.74, 6) is 1.21. The molecular weight excluding hydrogens is 318 g/mol. The lowest BCUT2D eigenvalue weighted by Crippen LogP contribution is -2.30. The van der Waals surface area contributed by atoms with Crippen LogP contribution in [-0.2, 0) is 11.3 Å². The highest BCUT2D eigenvalue weighted by molar-refractivity contribution is 5.91. The molecular formula is C19H17N3O3. The molecule has 1 amide bonds. The lowest BCUT2D eigenvalue weighted by molar-refractivity contribution is -0.126. The molecule has 1 aliphatic rings. The fourth-order valence-electron chi connectivity index (χ4n) is 2.43. The van der Waals surface area contributed by atoms with E-state index in [0.29, 0.717) is 24.6 Å². The van der Waals surface area contributed by atoms with Crippen LogP contribution >= 0.6 is 0 Å². The van der Waals surface area contributed by atoms with Crippen molar-refractivity contribution in [3.63, 3.8) is 0 Å². The van der Waals surface area contributed by atoms with Gasteiger partial charge in [-0.3, -0.25) is 9.78 Å². The minimum atomic E-state index is -0.168. The van der Waals surface area contributed by atoms with Crippen molar-refractivity contribution in [2.24, 2.45) is 0 Å². The number of nitriles is 1. The zero-order valence-corrected chi connectivity index (χ0v) is 13.6. The van der Waals surface area contributed by atoms with E-state index < -0.39 is 0 Å². The van der Waals surface area contributed by atoms with Crippen molar-refractivity contribution in [3.05, 3.63) is 59.9 Å². The molecule has 0 N–H and O–H groups in total. The first kappa shape index (κ1) is 16.5. The summed E-state index contributed by atoms with van der Waals surface area (Å²) in [6.07, 6.45) is 5.18. The average Bonchev–Trinajstić information content (AvgIpc) is 3.11. The Hall–Kier alpha value is -3.33. The maximum atomic E-state index is 12.5. The number of nitrogens with zero attached hydrogens (tertiary/aromatic N) is 3. The molecule has 6 nitrogen and oxygen atoms in total. The van der Waals surface area contributed by atoms with Crippen molar-refractivity contribution in [2.45, 2.75) is 13.0 Å². The Bertz CT molecular complexity index is 812. The summed E-state index contributed by atoms with van der Waals surface area (Å²) in [6.45, 7) is 0.942. The van der Waals surface area contributed by atoms with Crippen LogP contribution in [0.2, 0.25) is 0 Å². The van der Waals surface area contributed by atoms with Crippen molar-refractivity contribution in [2.75, 3.05) is 13.3 Å². The van der Waals surface area contributed by atoms with Crippen LogP contribution in [0.25, 0.3) is 6.08 Å². The third-order valence-corrected chi connectivity index (χ3v) is 3.70. The molecule has 1 aliphatic heterocycles. The highest BCUT2D eigenvalue weighted by Crippen LogP contribution is 2.32. The summed E-state index contributed by atoms with van der Waals surface area (Å²) < 4.78 is 10.6. The maximum Gasteiger partial charge on any atom is 0.246 e. The van der Waals surface area contributed by atoms with Crippen molar-refractivity contribution < 1.29 is 14.3 Å². The number of aromatic nitrogens is 1. The van der Waals surface area contributed by atoms with E-state index in [1.807, 2.05) is 36.4 Å². The van der Waals surface area contributed by atoms with Crippen LogP contribution in [0.15, 0.2) is 48.7 Å². The van der Waals surface area contributed by atoms with Gasteiger partial charge in [0.2, 0.25) is 12.7 Å². The lowest BCUT2D eigenvalue weighted by atomic mass is 10.2. The summed E-state index contributed by atoms with van der Waals surface area (Å²) in [5.41, 5.74) is 1.63. The van der Waals surface area contributed by atoms with Crippen LogP contribution in [0.4, 0.5) is 0 Å². The number of carbonyl (C=O) groups excluding carboxylic acids is 1. The van der Waals surface area contributed by atoms with Gasteiger partial charge in [0.1, 0.15) is 0 Å². The third-order valence-electron chi connectivity index (χ3n) is 3.70. The van der Waals surface area contributed by atoms with Gasteiger partial charge in [0.15, 0.2) is 11.5 Å². The number of pyridine rings is 1. The Morgan fingerprint density at radius 3 is 2.96 bits per heavy atom. The number of hydrogen-bond donors (Lipinski definition) is 0. The monoisotopic (exact) mass is 335 g/mol. The van der Waals surface area contributed by atoms with Crippen molar-refractivity contribution in [1.82, 2.24) is 9.88 Å². The largest absolute Gasteiger partial charge is 0.454 e. The van der Waals surface area contributed by atoms with E-state index >= 15 is 0 Å². The molecule has 0 saturated heterocycles. The van der Waals surface area contributed by atoms with Gasteiger partial charge in [-0.25, -0.2) is 0 Å². The predicted octanol–water partition coefficient (Wildman–Crippen LogP) is 2.77. The molecule has 0 bridgehead atoms. The first-order chi connectivity index (χ1) is 12.3. The normalized spacial score (nSPS) is 12.1. The zero-order valence-electron chi connectivity index (χ0n) is 13.6. The van der Waals surface area contributed by atoms with E-state index in [1.165, 1.54) is 6.08 Å². The van der Waals surface area contributed by atoms with Crippen LogP contribution in [0.1, 0.15) is 17.7 Å². The van der Waals surface area contributed by atoms with Crippen molar-refractivity contribution in [1.29, 1.82) is 5.26 Å². The molecule has 1 aromatic heterocycles. The molecule has 0 unspecified atom stereocenters. The zero-order chi connectivity index (χ0) is 17.5. The minimum Gasteiger partial charge on any atom is -0.454 e. The summed E-state index contributed by atoms with van der Waals surface area (Å²) in [7, 11) is 0. The molecule has 3 rings (SSSR count). The molecule has 0 atom stereocenters. The molecule has 0 spiro atoms. The van der Waals surface area contributed by atoms with Gasteiger partial charge in [-0.2, -0.15) is 5.26 Å². The second-order valence-corrected chi connectivity index (χ2v) is 5.44. The van der Waals surface area contributed by atoms with Crippen LogP contribution in [0.5, 0.6) is 11.5 Å². The van der Waals surface area contributed by atoms with E-state index in [2.05, 4.69) is 11.1 Å². The molecule has 126 valence electrons. The van der Waals surface area contributed by atoms with Gasteiger partial charge in [0.25, 0.3) is 0 Å². The molecule has 25 heavy (non-hydrogen) atoms. The summed E-state index contributed by atoms with van der Waals surface area (Å²) in [5, 5.41) is 8.81. The van der Waals surface area contributed by atoms with Crippen LogP contribution in [0, 0.1) is 11.3 Å². The maximum absolute atomic E-state index is 12.5. The standard InChI is InChI=1S/C19H17N3O3/c20-9-3-11-22(13-16-4-1-2-10-21-16)19(23)8-6-15-5-7-17-18(12-15)25-14-24-17/h1-2,4-8,10,12H,3,11,13-14H2. The fourth-order valence-corrected chi connectivity index (χ4v) is 2.43. The molecule has 0 saturated carbocycles. The number of ether oxygens (including phenoxy) is 2. The van der Waals surface area contributed by atoms with Gasteiger partial charge >= 0.3 is 0 Å². The van der Waals surface area contributed by atoms with Gasteiger partial charge in [-0.05, 0) is 35.9 Å². The first-order valence-electron chi connectivity index (χ1n) is 7.90. The van der Waals surface area contributed by atoms with Gasteiger partial charge in [-0.15, -0.1) is 0 Å². The average molecular weight is 335 g/mol. The van der Waals surface area contributed by atoms with Gasteiger partial charge in [0, 0.05) is 18.8 Å². The first-order valence-corrected chi connectivity index (χ1v) is 7.90. The van der Waals surface area contributed by atoms with Gasteiger partial charge in [0.05, 0.1) is 24.7 Å². The molecule has 6 heteroatoms. The number of fused-ring (bicyclic) bond motifs is 1. The van der Waals surface area contributed by atoms with Crippen LogP contribution in [0.3, 0.4) is 0 Å². The molecule has 0 fully saturated rings. The van der Waals surface area contributed by atoms with Gasteiger partial charge < -0.3 is 14.4 Å². The lowest BCUT2D eigenvalue weighted by Gasteiger charge is -2.19. The van der Waals surface area contributed by atoms with Gasteiger partial charge in [-0.1, -0.05) is 12.1 Å². The van der Waals surface area contributed by atoms with E-state index in [9.17, 15) is 4.79 Å². The smallest absolute Gasteiger partial charge is 0.246 e. The Labute approximate surface area is 145 Å². The number of amides is 1. The van der Waals surface area contributed by atoms with Crippen LogP contribution < -0.4 is 9.47 Å². The fraction of sp³-hybridized carbons (Fsp3) is 0.211. The highest BCUT2D eigenvalue weighted by Gasteiger charge is 2.14. The van der Waals surface area contributed by atoms with E-state index in [1.54, 1.807) is 17.2 Å². The van der Waals surface area contributed by atoms with Crippen molar-refractivity contribution >= 4 is 12.0 Å². The SMILES string of the molecule is N#CCCN(Cc1ccccn1)C(=O)C=Cc1ccc2c(c1)OCO2. The predicted molar refractivity (Wildman–Crippen MR) is 91.5 cm³/mol. The Kier molecular flexibility index (Phi) is 5.27. The van der Waals surface area contributed by atoms with E-state index in [0.717, 1.165) is 11.3 Å². The summed E-state index contributed by atoms with van der Waals surface area (Å²) in [4.78, 5) is 18.3. The minimum absolute atomic E-state index is 0.168. The number of carbonyl (C=O) groups is 1. The van der Waals surface area contributed by atoms with Crippen LogP contribution in [-0.4, -0.2) is 29.1 Å². The Balaban J connectivity index is 1.70. The molecule has 2 heterocycles. The molecule has 0 aliphatic carbocycles. The topological polar surface area (TPSA) is 75.5 Å². The Morgan fingerprint density at radius 2 is 2.16 bits per heavy atom. The van der Waals surface area contributed by atoms with Crippen molar-refractivity contribution in [3.8, 4) is 17.6 Å². The second kappa shape index (κ2) is 7.97. The summed E-state index contributed by atoms with van der Waals surface area (Å²) >= 11 is 0. The van der Waals surface area contributed by atoms with E-state index in [-0.39, 0.29) is 19.1 Å².